The minimum atomic E-state index is -0.0112. The first-order valence-electron chi connectivity index (χ1n) is 20.7. The van der Waals surface area contributed by atoms with Gasteiger partial charge in [-0.1, -0.05) is 146 Å². The molecule has 2 aliphatic heterocycles. The standard InChI is InChI=1S/C56H36O2/c1-4-31-11-13-35-14-20-41(43-21-15-33(5-1)53(31)56(35)43)38-18-24-51-47(28-38)45-26-36(16-22-49(45)57-51)37-17-23-50-46(27-37)48-29-39(19-25-52(48)58-50)44-30-40-8-2-6-32-10-12-34-7-3-9-42(44)55(34)54(32)40/h1-30,47-48,51-52,54-55H. The lowest BCUT2D eigenvalue weighted by atomic mass is 9.61. The maximum absolute atomic E-state index is 6.59. The van der Waals surface area contributed by atoms with Gasteiger partial charge >= 0.3 is 0 Å². The second-order valence-corrected chi connectivity index (χ2v) is 17.0. The fraction of sp³-hybridized carbons (Fsp3) is 0.107. The first kappa shape index (κ1) is 31.2. The van der Waals surface area contributed by atoms with Gasteiger partial charge in [0.05, 0.1) is 0 Å². The number of hydrogen-bond acceptors (Lipinski definition) is 2. The van der Waals surface area contributed by atoms with Crippen molar-refractivity contribution in [3.8, 4) is 22.6 Å². The van der Waals surface area contributed by atoms with Crippen LogP contribution in [-0.2, 0) is 0 Å². The Hall–Kier alpha value is -6.90. The number of benzene rings is 6. The highest BCUT2D eigenvalue weighted by atomic mass is 16.5. The van der Waals surface area contributed by atoms with E-state index in [1.807, 2.05) is 0 Å². The predicted octanol–water partition coefficient (Wildman–Crippen LogP) is 13.1. The van der Waals surface area contributed by atoms with Crippen LogP contribution in [0.1, 0.15) is 28.5 Å². The first-order chi connectivity index (χ1) is 28.7. The monoisotopic (exact) mass is 740 g/mol. The van der Waals surface area contributed by atoms with E-state index in [1.54, 1.807) is 0 Å². The highest BCUT2D eigenvalue weighted by molar-refractivity contribution is 6.24. The summed E-state index contributed by atoms with van der Waals surface area (Å²) in [6, 6.07) is 33.8. The zero-order chi connectivity index (χ0) is 37.6. The predicted molar refractivity (Wildman–Crippen MR) is 236 cm³/mol. The lowest BCUT2D eigenvalue weighted by Gasteiger charge is -2.42. The number of rotatable bonds is 3. The third-order valence-electron chi connectivity index (χ3n) is 14.1. The van der Waals surface area contributed by atoms with Crippen molar-refractivity contribution < 1.29 is 9.47 Å². The summed E-state index contributed by atoms with van der Waals surface area (Å²) in [5.41, 5.74) is 15.7. The lowest BCUT2D eigenvalue weighted by Crippen LogP contribution is -2.30. The van der Waals surface area contributed by atoms with Crippen molar-refractivity contribution in [1.29, 1.82) is 0 Å². The lowest BCUT2D eigenvalue weighted by molar-refractivity contribution is 0.268. The van der Waals surface area contributed by atoms with E-state index in [0.29, 0.717) is 11.8 Å². The topological polar surface area (TPSA) is 18.5 Å². The van der Waals surface area contributed by atoms with E-state index in [0.717, 1.165) is 11.5 Å². The van der Waals surface area contributed by atoms with Crippen molar-refractivity contribution in [2.45, 2.75) is 24.0 Å². The summed E-state index contributed by atoms with van der Waals surface area (Å²) in [5, 5.41) is 7.89. The van der Waals surface area contributed by atoms with Crippen LogP contribution in [0.4, 0.5) is 0 Å². The maximum atomic E-state index is 6.59. The smallest absolute Gasteiger partial charge is 0.128 e. The van der Waals surface area contributed by atoms with Gasteiger partial charge in [0.15, 0.2) is 0 Å². The Morgan fingerprint density at radius 3 is 1.84 bits per heavy atom. The molecule has 0 radical (unpaired) electrons. The molecule has 58 heavy (non-hydrogen) atoms. The zero-order valence-corrected chi connectivity index (χ0v) is 31.6. The number of fused-ring (bicyclic) bond motifs is 6. The number of allylic oxidation sites excluding steroid dienone is 18. The number of ether oxygens (including phenoxy) is 2. The molecular formula is C56H36O2. The summed E-state index contributed by atoms with van der Waals surface area (Å²) < 4.78 is 13.2. The fourth-order valence-corrected chi connectivity index (χ4v) is 11.4. The molecule has 0 saturated heterocycles. The van der Waals surface area contributed by atoms with E-state index < -0.39 is 0 Å². The molecule has 2 heterocycles. The van der Waals surface area contributed by atoms with Crippen LogP contribution < -0.4 is 9.47 Å². The van der Waals surface area contributed by atoms with Crippen molar-refractivity contribution >= 4 is 37.9 Å². The summed E-state index contributed by atoms with van der Waals surface area (Å²) in [7, 11) is 0. The molecule has 6 atom stereocenters. The van der Waals surface area contributed by atoms with Gasteiger partial charge in [0.25, 0.3) is 0 Å². The van der Waals surface area contributed by atoms with Crippen molar-refractivity contribution in [2.75, 3.05) is 0 Å². The molecule has 6 aromatic carbocycles. The maximum Gasteiger partial charge on any atom is 0.128 e. The van der Waals surface area contributed by atoms with Gasteiger partial charge in [-0.05, 0) is 124 Å². The minimum Gasteiger partial charge on any atom is -0.485 e. The molecule has 2 heteroatoms. The Labute approximate surface area is 336 Å². The van der Waals surface area contributed by atoms with Gasteiger partial charge in [-0.2, -0.15) is 0 Å². The molecule has 8 aliphatic rings. The Morgan fingerprint density at radius 2 is 1.10 bits per heavy atom. The van der Waals surface area contributed by atoms with Crippen molar-refractivity contribution in [2.24, 2.45) is 11.8 Å². The Morgan fingerprint density at radius 1 is 0.483 bits per heavy atom. The molecule has 0 spiro atoms. The van der Waals surface area contributed by atoms with Crippen LogP contribution in [-0.4, -0.2) is 12.2 Å². The van der Waals surface area contributed by atoms with Crippen molar-refractivity contribution in [1.82, 2.24) is 0 Å². The van der Waals surface area contributed by atoms with Gasteiger partial charge in [0.2, 0.25) is 0 Å². The number of hydrogen-bond donors (Lipinski definition) is 0. The normalized spacial score (nSPS) is 26.3. The van der Waals surface area contributed by atoms with Crippen molar-refractivity contribution in [3.63, 3.8) is 0 Å². The molecule has 14 rings (SSSR count). The quantitative estimate of drug-likeness (QED) is 0.168. The fourth-order valence-electron chi connectivity index (χ4n) is 11.4. The van der Waals surface area contributed by atoms with Crippen LogP contribution in [0.5, 0.6) is 11.5 Å². The average molecular weight is 741 g/mol. The van der Waals surface area contributed by atoms with Gasteiger partial charge < -0.3 is 9.47 Å². The Bertz CT molecular complexity index is 3240. The van der Waals surface area contributed by atoms with Crippen molar-refractivity contribution in [3.05, 3.63) is 232 Å². The second-order valence-electron chi connectivity index (χ2n) is 17.0. The Kier molecular flexibility index (Phi) is 6.12. The van der Waals surface area contributed by atoms with E-state index in [1.165, 1.54) is 99.1 Å². The largest absolute Gasteiger partial charge is 0.485 e. The van der Waals surface area contributed by atoms with Crippen LogP contribution in [0.25, 0.3) is 49.0 Å². The summed E-state index contributed by atoms with van der Waals surface area (Å²) in [6.07, 6.45) is 34.7. The van der Waals surface area contributed by atoms with E-state index >= 15 is 0 Å². The van der Waals surface area contributed by atoms with E-state index in [9.17, 15) is 0 Å². The molecule has 6 aliphatic carbocycles. The Balaban J connectivity index is 0.816. The molecule has 2 nitrogen and oxygen atoms in total. The third-order valence-corrected chi connectivity index (χ3v) is 14.1. The van der Waals surface area contributed by atoms with E-state index in [-0.39, 0.29) is 24.0 Å². The molecule has 0 N–H and O–H groups in total. The first-order valence-corrected chi connectivity index (χ1v) is 20.7. The molecule has 272 valence electrons. The van der Waals surface area contributed by atoms with E-state index in [2.05, 4.69) is 182 Å². The SMILES string of the molecule is C1=CC2=CC=C3C=CC=C4C(C5=CC6c7cc(-c8ccc9c(c8)C8C=C(c%10ccc%11ccc%12cccc%13ccc%10c%11c%12%13)C=CC8O9)ccc7OC6C=C5)=CC(=C1)C2C34. The zero-order valence-electron chi connectivity index (χ0n) is 31.6. The average Bonchev–Trinajstić information content (AvgIpc) is 3.84. The minimum absolute atomic E-state index is 0.00538. The highest BCUT2D eigenvalue weighted by Gasteiger charge is 2.42. The molecule has 0 bridgehead atoms. The van der Waals surface area contributed by atoms with Crippen LogP contribution in [0.3, 0.4) is 0 Å². The molecule has 0 aromatic heterocycles. The third kappa shape index (κ3) is 4.27. The summed E-state index contributed by atoms with van der Waals surface area (Å²) in [4.78, 5) is 0. The summed E-state index contributed by atoms with van der Waals surface area (Å²) in [5.74, 6) is 3.00. The molecular weight excluding hydrogens is 705 g/mol. The van der Waals surface area contributed by atoms with Crippen LogP contribution >= 0.6 is 0 Å². The summed E-state index contributed by atoms with van der Waals surface area (Å²) in [6.45, 7) is 0. The molecule has 0 fully saturated rings. The molecule has 6 unspecified atom stereocenters. The van der Waals surface area contributed by atoms with Gasteiger partial charge in [0.1, 0.15) is 23.7 Å². The van der Waals surface area contributed by atoms with Crippen LogP contribution in [0.15, 0.2) is 216 Å². The van der Waals surface area contributed by atoms with Gasteiger partial charge in [-0.15, -0.1) is 0 Å². The highest BCUT2D eigenvalue weighted by Crippen LogP contribution is 2.54. The second kappa shape index (κ2) is 11.4. The molecule has 6 aromatic rings. The van der Waals surface area contributed by atoms with Crippen LogP contribution in [0.2, 0.25) is 0 Å². The molecule has 0 saturated carbocycles. The van der Waals surface area contributed by atoms with Gasteiger partial charge in [-0.25, -0.2) is 0 Å². The van der Waals surface area contributed by atoms with Crippen LogP contribution in [0, 0.1) is 11.8 Å². The van der Waals surface area contributed by atoms with Gasteiger partial charge in [0, 0.05) is 34.8 Å². The molecule has 0 amide bonds. The van der Waals surface area contributed by atoms with Gasteiger partial charge in [-0.3, -0.25) is 0 Å². The summed E-state index contributed by atoms with van der Waals surface area (Å²) >= 11 is 0. The van der Waals surface area contributed by atoms with E-state index in [4.69, 9.17) is 9.47 Å².